The number of thioether (sulfide) groups is 1. The summed E-state index contributed by atoms with van der Waals surface area (Å²) in [4.78, 5) is 23.4. The number of benzene rings is 1. The average Bonchev–Trinajstić information content (AvgIpc) is 2.54. The highest BCUT2D eigenvalue weighted by Crippen LogP contribution is 2.12. The molecule has 0 fully saturated rings. The molecule has 1 aromatic rings. The van der Waals surface area contributed by atoms with Gasteiger partial charge in [-0.05, 0) is 11.8 Å². The second-order valence-corrected chi connectivity index (χ2v) is 6.01. The molecule has 0 atom stereocenters. The zero-order valence-electron chi connectivity index (χ0n) is 13.2. The van der Waals surface area contributed by atoms with E-state index in [1.807, 2.05) is 18.2 Å². The van der Waals surface area contributed by atoms with E-state index in [2.05, 4.69) is 12.2 Å². The molecule has 0 unspecified atom stereocenters. The molecular weight excluding hydrogens is 294 g/mol. The molecule has 0 bridgehead atoms. The van der Waals surface area contributed by atoms with Crippen molar-refractivity contribution >= 4 is 22.8 Å². The topological polar surface area (TPSA) is 46.2 Å². The predicted molar refractivity (Wildman–Crippen MR) is 93.9 cm³/mol. The van der Waals surface area contributed by atoms with Gasteiger partial charge in [-0.3, -0.25) is 9.59 Å². The monoisotopic (exact) mass is 319 g/mol. The van der Waals surface area contributed by atoms with E-state index in [-0.39, 0.29) is 11.0 Å². The van der Waals surface area contributed by atoms with Crippen molar-refractivity contribution in [1.29, 1.82) is 0 Å². The molecule has 1 aromatic carbocycles. The fourth-order valence-electron chi connectivity index (χ4n) is 1.98. The molecule has 22 heavy (non-hydrogen) atoms. The Labute approximate surface area is 137 Å². The van der Waals surface area contributed by atoms with Gasteiger partial charge >= 0.3 is 0 Å². The number of rotatable bonds is 10. The molecule has 0 saturated carbocycles. The molecule has 0 radical (unpaired) electrons. The Morgan fingerprint density at radius 3 is 2.45 bits per heavy atom. The first-order valence-corrected chi connectivity index (χ1v) is 8.82. The van der Waals surface area contributed by atoms with Gasteiger partial charge in [-0.15, -0.1) is 0 Å². The number of unbranched alkanes of at least 4 members (excludes halogenated alkanes) is 5. The first kappa shape index (κ1) is 18.5. The van der Waals surface area contributed by atoms with Gasteiger partial charge in [-0.1, -0.05) is 81.1 Å². The minimum Gasteiger partial charge on any atom is -0.353 e. The Bertz CT molecular complexity index is 471. The maximum atomic E-state index is 11.8. The number of amides is 1. The van der Waals surface area contributed by atoms with Gasteiger partial charge in [0.25, 0.3) is 0 Å². The summed E-state index contributed by atoms with van der Waals surface area (Å²) in [5, 5.41) is 4.33. The van der Waals surface area contributed by atoms with Crippen molar-refractivity contribution in [2.24, 2.45) is 0 Å². The Balaban J connectivity index is 2.10. The van der Waals surface area contributed by atoms with Gasteiger partial charge in [-0.2, -0.15) is 0 Å². The van der Waals surface area contributed by atoms with Crippen LogP contribution in [0.15, 0.2) is 41.8 Å². The zero-order valence-corrected chi connectivity index (χ0v) is 14.0. The Kier molecular flexibility index (Phi) is 10.1. The van der Waals surface area contributed by atoms with Gasteiger partial charge in [0.05, 0.1) is 0 Å². The lowest BCUT2D eigenvalue weighted by atomic mass is 10.1. The molecule has 0 aromatic heterocycles. The molecule has 0 aliphatic rings. The molecular formula is C18H25NO2S. The van der Waals surface area contributed by atoms with Crippen molar-refractivity contribution in [2.45, 2.75) is 45.4 Å². The maximum absolute atomic E-state index is 11.8. The number of hydrogen-bond acceptors (Lipinski definition) is 3. The third kappa shape index (κ3) is 8.67. The van der Waals surface area contributed by atoms with Gasteiger partial charge in [0.2, 0.25) is 11.0 Å². The summed E-state index contributed by atoms with van der Waals surface area (Å²) in [5.41, 5.74) is 0.643. The fraction of sp³-hybridized carbons (Fsp3) is 0.444. The van der Waals surface area contributed by atoms with Crippen LogP contribution in [-0.2, 0) is 4.79 Å². The molecule has 0 aliphatic heterocycles. The summed E-state index contributed by atoms with van der Waals surface area (Å²) in [5.74, 6) is -0.137. The van der Waals surface area contributed by atoms with E-state index < -0.39 is 0 Å². The maximum Gasteiger partial charge on any atom is 0.244 e. The van der Waals surface area contributed by atoms with E-state index in [9.17, 15) is 9.59 Å². The molecule has 4 heteroatoms. The van der Waals surface area contributed by atoms with Crippen molar-refractivity contribution in [2.75, 3.05) is 6.54 Å². The highest BCUT2D eigenvalue weighted by Gasteiger charge is 2.03. The van der Waals surface area contributed by atoms with Crippen LogP contribution in [0.25, 0.3) is 0 Å². The van der Waals surface area contributed by atoms with Crippen LogP contribution < -0.4 is 5.32 Å². The third-order valence-electron chi connectivity index (χ3n) is 3.23. The van der Waals surface area contributed by atoms with E-state index in [0.29, 0.717) is 12.1 Å². The summed E-state index contributed by atoms with van der Waals surface area (Å²) in [6, 6.07) is 9.05. The van der Waals surface area contributed by atoms with Crippen molar-refractivity contribution < 1.29 is 9.59 Å². The van der Waals surface area contributed by atoms with E-state index in [0.717, 1.165) is 24.6 Å². The number of carbonyl (C=O) groups is 2. The smallest absolute Gasteiger partial charge is 0.244 e. The van der Waals surface area contributed by atoms with Gasteiger partial charge < -0.3 is 5.32 Å². The van der Waals surface area contributed by atoms with Crippen LogP contribution in [0, 0.1) is 0 Å². The van der Waals surface area contributed by atoms with Crippen LogP contribution in [-0.4, -0.2) is 17.6 Å². The lowest BCUT2D eigenvalue weighted by Crippen LogP contribution is -2.21. The lowest BCUT2D eigenvalue weighted by molar-refractivity contribution is -0.116. The van der Waals surface area contributed by atoms with Gasteiger partial charge in [0, 0.05) is 18.2 Å². The molecule has 120 valence electrons. The van der Waals surface area contributed by atoms with E-state index in [1.54, 1.807) is 17.5 Å². The van der Waals surface area contributed by atoms with Gasteiger partial charge in [0.15, 0.2) is 0 Å². The minimum atomic E-state index is -0.137. The number of hydrogen-bond donors (Lipinski definition) is 1. The zero-order chi connectivity index (χ0) is 16.0. The average molecular weight is 319 g/mol. The number of carbonyl (C=O) groups excluding carboxylic acids is 2. The third-order valence-corrected chi connectivity index (χ3v) is 3.96. The van der Waals surface area contributed by atoms with Crippen molar-refractivity contribution in [3.63, 3.8) is 0 Å². The van der Waals surface area contributed by atoms with Gasteiger partial charge in [-0.25, -0.2) is 0 Å². The quantitative estimate of drug-likeness (QED) is 0.508. The Hall–Kier alpha value is -1.55. The van der Waals surface area contributed by atoms with E-state index >= 15 is 0 Å². The van der Waals surface area contributed by atoms with Crippen LogP contribution in [0.1, 0.15) is 55.8 Å². The Morgan fingerprint density at radius 1 is 1.05 bits per heavy atom. The predicted octanol–water partition coefficient (Wildman–Crippen LogP) is 4.55. The molecule has 0 heterocycles. The second kappa shape index (κ2) is 12.0. The highest BCUT2D eigenvalue weighted by atomic mass is 32.2. The summed E-state index contributed by atoms with van der Waals surface area (Å²) in [6.45, 7) is 2.90. The lowest BCUT2D eigenvalue weighted by Gasteiger charge is -2.02. The second-order valence-electron chi connectivity index (χ2n) is 5.13. The first-order valence-electron chi connectivity index (χ1n) is 7.94. The van der Waals surface area contributed by atoms with Crippen LogP contribution in [0.2, 0.25) is 0 Å². The van der Waals surface area contributed by atoms with Crippen LogP contribution in [0.4, 0.5) is 0 Å². The Morgan fingerprint density at radius 2 is 1.73 bits per heavy atom. The summed E-state index contributed by atoms with van der Waals surface area (Å²) in [6.07, 6.45) is 8.65. The van der Waals surface area contributed by atoms with Crippen molar-refractivity contribution in [3.8, 4) is 0 Å². The van der Waals surface area contributed by atoms with E-state index in [1.165, 1.54) is 31.8 Å². The molecule has 0 saturated heterocycles. The molecule has 0 spiro atoms. The normalized spacial score (nSPS) is 10.8. The SMILES string of the molecule is CCCCCCCCNC(=O)C=CSC(=O)c1ccccc1. The molecule has 3 nitrogen and oxygen atoms in total. The van der Waals surface area contributed by atoms with Crippen LogP contribution in [0.5, 0.6) is 0 Å². The van der Waals surface area contributed by atoms with E-state index in [4.69, 9.17) is 0 Å². The summed E-state index contributed by atoms with van der Waals surface area (Å²) in [7, 11) is 0. The fourth-order valence-corrected chi connectivity index (χ4v) is 2.56. The standard InChI is InChI=1S/C18H25NO2S/c1-2-3-4-5-6-10-14-19-17(20)13-15-22-18(21)16-11-8-7-9-12-16/h7-9,11-13,15H,2-6,10,14H2,1H3,(H,19,20). The van der Waals surface area contributed by atoms with Crippen LogP contribution >= 0.6 is 11.8 Å². The molecule has 1 amide bonds. The largest absolute Gasteiger partial charge is 0.353 e. The molecule has 1 rings (SSSR count). The molecule has 1 N–H and O–H groups in total. The number of nitrogens with one attached hydrogen (secondary N) is 1. The van der Waals surface area contributed by atoms with Crippen molar-refractivity contribution in [1.82, 2.24) is 5.32 Å². The minimum absolute atomic E-state index is 0.0550. The first-order chi connectivity index (χ1) is 10.7. The summed E-state index contributed by atoms with van der Waals surface area (Å²) < 4.78 is 0. The molecule has 0 aliphatic carbocycles. The van der Waals surface area contributed by atoms with Gasteiger partial charge in [0.1, 0.15) is 0 Å². The van der Waals surface area contributed by atoms with Crippen molar-refractivity contribution in [3.05, 3.63) is 47.4 Å². The van der Waals surface area contributed by atoms with Crippen LogP contribution in [0.3, 0.4) is 0 Å². The summed E-state index contributed by atoms with van der Waals surface area (Å²) >= 11 is 1.03. The highest BCUT2D eigenvalue weighted by molar-refractivity contribution is 8.16.